The van der Waals surface area contributed by atoms with Gasteiger partial charge in [-0.1, -0.05) is 13.8 Å². The maximum absolute atomic E-state index is 10.6. The first-order chi connectivity index (χ1) is 12.8. The van der Waals surface area contributed by atoms with Crippen molar-refractivity contribution in [3.63, 3.8) is 0 Å². The topological polar surface area (TPSA) is 49.7 Å². The van der Waals surface area contributed by atoms with Gasteiger partial charge in [0.2, 0.25) is 0 Å². The van der Waals surface area contributed by atoms with Crippen molar-refractivity contribution in [1.29, 1.82) is 0 Å². The molecule has 0 amide bonds. The minimum absolute atomic E-state index is 0.329. The van der Waals surface area contributed by atoms with Crippen molar-refractivity contribution in [2.75, 3.05) is 13.7 Å². The summed E-state index contributed by atoms with van der Waals surface area (Å²) in [6, 6.07) is 0. The maximum atomic E-state index is 10.6. The lowest BCUT2D eigenvalue weighted by Crippen LogP contribution is -2.51. The van der Waals surface area contributed by atoms with Gasteiger partial charge in [-0.2, -0.15) is 0 Å². The number of aliphatic hydroxyl groups excluding tert-OH is 1. The summed E-state index contributed by atoms with van der Waals surface area (Å²) in [5.74, 6) is 5.24. The molecule has 4 aliphatic rings. The van der Waals surface area contributed by atoms with Crippen LogP contribution in [0.3, 0.4) is 0 Å². The molecule has 0 heterocycles. The standard InChI is InChI=1S/C24H42O3/c1-15(22(25)14-27-4)20-7-8-21-19-6-5-16-13-23(2,26)11-9-17(16)18(19)10-12-24(20,21)3/h15-22,25-26H,5-14H2,1-4H3/t15-,16+,17-,18+,19+,20+,21-,22+,23+,24+/m0/s1. The molecule has 2 N–H and O–H groups in total. The van der Waals surface area contributed by atoms with Crippen LogP contribution in [0.5, 0.6) is 0 Å². The van der Waals surface area contributed by atoms with E-state index in [4.69, 9.17) is 4.74 Å². The van der Waals surface area contributed by atoms with Gasteiger partial charge in [0.1, 0.15) is 0 Å². The Morgan fingerprint density at radius 3 is 2.44 bits per heavy atom. The minimum Gasteiger partial charge on any atom is -0.390 e. The van der Waals surface area contributed by atoms with E-state index in [0.29, 0.717) is 23.9 Å². The second kappa shape index (κ2) is 7.29. The highest BCUT2D eigenvalue weighted by Gasteiger charge is 2.58. The number of methoxy groups -OCH3 is 1. The van der Waals surface area contributed by atoms with Crippen LogP contribution in [0.25, 0.3) is 0 Å². The molecule has 4 saturated carbocycles. The van der Waals surface area contributed by atoms with Gasteiger partial charge >= 0.3 is 0 Å². The van der Waals surface area contributed by atoms with Crippen LogP contribution in [0.4, 0.5) is 0 Å². The Hall–Kier alpha value is -0.120. The zero-order valence-electron chi connectivity index (χ0n) is 18.0. The van der Waals surface area contributed by atoms with Crippen molar-refractivity contribution in [1.82, 2.24) is 0 Å². The van der Waals surface area contributed by atoms with E-state index in [2.05, 4.69) is 20.8 Å². The molecule has 0 unspecified atom stereocenters. The van der Waals surface area contributed by atoms with Gasteiger partial charge in [-0.15, -0.1) is 0 Å². The highest BCUT2D eigenvalue weighted by atomic mass is 16.5. The highest BCUT2D eigenvalue weighted by Crippen LogP contribution is 2.65. The molecule has 4 aliphatic carbocycles. The molecule has 0 aromatic carbocycles. The van der Waals surface area contributed by atoms with E-state index in [1.807, 2.05) is 0 Å². The van der Waals surface area contributed by atoms with Crippen LogP contribution in [0.15, 0.2) is 0 Å². The van der Waals surface area contributed by atoms with E-state index in [1.165, 1.54) is 44.9 Å². The number of fused-ring (bicyclic) bond motifs is 5. The zero-order chi connectivity index (χ0) is 19.4. The third-order valence-electron chi connectivity index (χ3n) is 9.89. The second-order valence-electron chi connectivity index (χ2n) is 11.3. The van der Waals surface area contributed by atoms with E-state index < -0.39 is 5.60 Å². The van der Waals surface area contributed by atoms with Crippen molar-refractivity contribution in [2.45, 2.75) is 90.3 Å². The summed E-state index contributed by atoms with van der Waals surface area (Å²) in [5, 5.41) is 21.1. The molecule has 0 radical (unpaired) electrons. The summed E-state index contributed by atoms with van der Waals surface area (Å²) in [5.41, 5.74) is -0.00907. The molecule has 156 valence electrons. The van der Waals surface area contributed by atoms with Crippen molar-refractivity contribution in [3.05, 3.63) is 0 Å². The van der Waals surface area contributed by atoms with Gasteiger partial charge in [0.25, 0.3) is 0 Å². The predicted octanol–water partition coefficient (Wildman–Crippen LogP) is 4.65. The first kappa shape index (κ1) is 20.2. The first-order valence-electron chi connectivity index (χ1n) is 11.7. The van der Waals surface area contributed by atoms with Crippen LogP contribution in [0.1, 0.15) is 78.6 Å². The molecule has 0 aromatic rings. The van der Waals surface area contributed by atoms with Gasteiger partial charge in [-0.3, -0.25) is 0 Å². The third-order valence-corrected chi connectivity index (χ3v) is 9.89. The summed E-state index contributed by atoms with van der Waals surface area (Å²) < 4.78 is 5.24. The summed E-state index contributed by atoms with van der Waals surface area (Å²) in [6.07, 6.45) is 11.0. The molecule has 0 bridgehead atoms. The molecule has 0 spiro atoms. The predicted molar refractivity (Wildman–Crippen MR) is 108 cm³/mol. The SMILES string of the molecule is COC[C@@H](O)[C@@H](C)[C@H]1CC[C@H]2[C@@H]3CC[C@@H]4C[C@](C)(O)CC[C@@H]4[C@H]3CC[C@]12C. The fraction of sp³-hybridized carbons (Fsp3) is 1.00. The molecular formula is C24H42O3. The van der Waals surface area contributed by atoms with Crippen molar-refractivity contribution in [3.8, 4) is 0 Å². The quantitative estimate of drug-likeness (QED) is 0.749. The van der Waals surface area contributed by atoms with Crippen LogP contribution in [0.2, 0.25) is 0 Å². The molecule has 3 nitrogen and oxygen atoms in total. The van der Waals surface area contributed by atoms with Crippen LogP contribution < -0.4 is 0 Å². The van der Waals surface area contributed by atoms with Crippen LogP contribution in [-0.4, -0.2) is 35.6 Å². The average molecular weight is 379 g/mol. The number of hydrogen-bond acceptors (Lipinski definition) is 3. The van der Waals surface area contributed by atoms with Gasteiger partial charge in [-0.25, -0.2) is 0 Å². The highest BCUT2D eigenvalue weighted by molar-refractivity contribution is 5.07. The summed E-state index contributed by atoms with van der Waals surface area (Å²) in [4.78, 5) is 0. The largest absolute Gasteiger partial charge is 0.390 e. The van der Waals surface area contributed by atoms with Crippen molar-refractivity contribution in [2.24, 2.45) is 46.8 Å². The smallest absolute Gasteiger partial charge is 0.0801 e. The second-order valence-corrected chi connectivity index (χ2v) is 11.3. The van der Waals surface area contributed by atoms with Gasteiger partial charge in [0.15, 0.2) is 0 Å². The molecular weight excluding hydrogens is 336 g/mol. The molecule has 3 heteroatoms. The summed E-state index contributed by atoms with van der Waals surface area (Å²) in [6.45, 7) is 7.34. The molecule has 10 atom stereocenters. The van der Waals surface area contributed by atoms with Gasteiger partial charge < -0.3 is 14.9 Å². The Balaban J connectivity index is 1.49. The first-order valence-corrected chi connectivity index (χ1v) is 11.7. The fourth-order valence-electron chi connectivity index (χ4n) is 8.58. The maximum Gasteiger partial charge on any atom is 0.0801 e. The lowest BCUT2D eigenvalue weighted by molar-refractivity contribution is -0.108. The van der Waals surface area contributed by atoms with Crippen molar-refractivity contribution >= 4 is 0 Å². The minimum atomic E-state index is -0.414. The van der Waals surface area contributed by atoms with Crippen LogP contribution >= 0.6 is 0 Å². The molecule has 0 saturated heterocycles. The molecule has 0 aromatic heterocycles. The summed E-state index contributed by atoms with van der Waals surface area (Å²) >= 11 is 0. The van der Waals surface area contributed by atoms with Gasteiger partial charge in [0.05, 0.1) is 18.3 Å². The summed E-state index contributed by atoms with van der Waals surface area (Å²) in [7, 11) is 1.69. The number of hydrogen-bond donors (Lipinski definition) is 2. The van der Waals surface area contributed by atoms with E-state index in [9.17, 15) is 10.2 Å². The molecule has 4 rings (SSSR count). The third kappa shape index (κ3) is 3.40. The van der Waals surface area contributed by atoms with E-state index in [0.717, 1.165) is 42.4 Å². The molecule has 27 heavy (non-hydrogen) atoms. The zero-order valence-corrected chi connectivity index (χ0v) is 18.0. The normalized spacial score (nSPS) is 51.8. The monoisotopic (exact) mass is 378 g/mol. The van der Waals surface area contributed by atoms with Gasteiger partial charge in [0, 0.05) is 7.11 Å². The molecule has 0 aliphatic heterocycles. The lowest BCUT2D eigenvalue weighted by atomic mass is 9.48. The Kier molecular flexibility index (Phi) is 5.44. The van der Waals surface area contributed by atoms with Gasteiger partial charge in [-0.05, 0) is 112 Å². The van der Waals surface area contributed by atoms with E-state index in [-0.39, 0.29) is 6.10 Å². The lowest BCUT2D eigenvalue weighted by Gasteiger charge is -2.57. The van der Waals surface area contributed by atoms with Crippen molar-refractivity contribution < 1.29 is 14.9 Å². The van der Waals surface area contributed by atoms with E-state index >= 15 is 0 Å². The van der Waals surface area contributed by atoms with Crippen LogP contribution in [-0.2, 0) is 4.74 Å². The number of aliphatic hydroxyl groups is 2. The Morgan fingerprint density at radius 2 is 1.70 bits per heavy atom. The number of ether oxygens (including phenoxy) is 1. The average Bonchev–Trinajstić information content (AvgIpc) is 2.97. The number of rotatable bonds is 4. The Labute approximate surface area is 166 Å². The van der Waals surface area contributed by atoms with Crippen LogP contribution in [0, 0.1) is 46.8 Å². The van der Waals surface area contributed by atoms with E-state index in [1.54, 1.807) is 7.11 Å². The Bertz CT molecular complexity index is 532. The molecule has 4 fully saturated rings. The Morgan fingerprint density at radius 1 is 0.963 bits per heavy atom. The fourth-order valence-corrected chi connectivity index (χ4v) is 8.58.